The zero-order chi connectivity index (χ0) is 19.1. The second kappa shape index (κ2) is 6.32. The molecule has 1 heterocycles. The number of aromatic nitrogens is 1. The third kappa shape index (κ3) is 3.39. The number of nitrogens with one attached hydrogen (secondary N) is 1. The molecular weight excluding hydrogens is 350 g/mol. The first kappa shape index (κ1) is 18.3. The van der Waals surface area contributed by atoms with Crippen LogP contribution in [-0.4, -0.2) is 27.7 Å². The second-order valence-corrected chi connectivity index (χ2v) is 9.11. The van der Waals surface area contributed by atoms with Gasteiger partial charge in [0.1, 0.15) is 5.76 Å². The van der Waals surface area contributed by atoms with Crippen molar-refractivity contribution in [2.75, 3.05) is 23.7 Å². The Labute approximate surface area is 153 Å². The van der Waals surface area contributed by atoms with E-state index < -0.39 is 10.0 Å². The largest absolute Gasteiger partial charge is 0.377 e. The van der Waals surface area contributed by atoms with E-state index in [0.29, 0.717) is 11.1 Å². The zero-order valence-electron chi connectivity index (χ0n) is 15.6. The Morgan fingerprint density at radius 2 is 1.69 bits per heavy atom. The number of hydrogen-bond acceptors (Lipinski definition) is 5. The normalized spacial score (nSPS) is 12.3. The summed E-state index contributed by atoms with van der Waals surface area (Å²) < 4.78 is 33.7. The fourth-order valence-corrected chi connectivity index (χ4v) is 3.96. The first-order valence-corrected chi connectivity index (χ1v) is 9.77. The highest BCUT2D eigenvalue weighted by molar-refractivity contribution is 7.93. The lowest BCUT2D eigenvalue weighted by Crippen LogP contribution is -2.14. The predicted octanol–water partition coefficient (Wildman–Crippen LogP) is 3.99. The number of fused-ring (bicyclic) bond motifs is 1. The van der Waals surface area contributed by atoms with Crippen molar-refractivity contribution in [2.45, 2.75) is 31.1 Å². The number of nitrogens with zero attached hydrogens (tertiary/aromatic N) is 2. The monoisotopic (exact) mass is 373 g/mol. The second-order valence-electron chi connectivity index (χ2n) is 7.45. The molecule has 0 atom stereocenters. The van der Waals surface area contributed by atoms with Gasteiger partial charge in [-0.05, 0) is 12.1 Å². The topological polar surface area (TPSA) is 75.4 Å². The summed E-state index contributed by atoms with van der Waals surface area (Å²) >= 11 is 0. The summed E-state index contributed by atoms with van der Waals surface area (Å²) in [5.74, 6) is 0.790. The van der Waals surface area contributed by atoms with Gasteiger partial charge in [-0.15, -0.1) is 0 Å². The first-order valence-electron chi connectivity index (χ1n) is 8.29. The molecule has 26 heavy (non-hydrogen) atoms. The van der Waals surface area contributed by atoms with Crippen LogP contribution in [0, 0.1) is 0 Å². The predicted molar refractivity (Wildman–Crippen MR) is 104 cm³/mol. The summed E-state index contributed by atoms with van der Waals surface area (Å²) in [5.41, 5.74) is 0.701. The van der Waals surface area contributed by atoms with Gasteiger partial charge < -0.3 is 9.42 Å². The third-order valence-electron chi connectivity index (χ3n) is 4.12. The molecule has 1 aromatic heterocycles. The molecule has 138 valence electrons. The average Bonchev–Trinajstić information content (AvgIpc) is 3.01. The molecule has 0 saturated carbocycles. The first-order chi connectivity index (χ1) is 12.1. The molecule has 0 amide bonds. The van der Waals surface area contributed by atoms with E-state index in [1.165, 1.54) is 0 Å². The van der Waals surface area contributed by atoms with Crippen molar-refractivity contribution in [3.8, 4) is 0 Å². The molecule has 0 unspecified atom stereocenters. The summed E-state index contributed by atoms with van der Waals surface area (Å²) in [7, 11) is 0.0508. The van der Waals surface area contributed by atoms with E-state index >= 15 is 0 Å². The van der Waals surface area contributed by atoms with Crippen molar-refractivity contribution in [3.63, 3.8) is 0 Å². The van der Waals surface area contributed by atoms with Crippen LogP contribution < -0.4 is 9.62 Å². The van der Waals surface area contributed by atoms with Gasteiger partial charge in [0, 0.05) is 42.0 Å². The van der Waals surface area contributed by atoms with E-state index in [-0.39, 0.29) is 16.1 Å². The van der Waals surface area contributed by atoms with E-state index in [1.807, 2.05) is 58.0 Å². The molecule has 0 fully saturated rings. The van der Waals surface area contributed by atoms with Crippen molar-refractivity contribution < 1.29 is 12.9 Å². The van der Waals surface area contributed by atoms with Crippen molar-refractivity contribution in [3.05, 3.63) is 48.2 Å². The van der Waals surface area contributed by atoms with Gasteiger partial charge in [-0.25, -0.2) is 8.42 Å². The van der Waals surface area contributed by atoms with Gasteiger partial charge in [-0.3, -0.25) is 4.72 Å². The standard InChI is InChI=1S/C19H23N3O3S/c1-19(2,3)17-12-18(20-25-17)21-26(23,24)16-11-7-8-13-14(16)9-6-10-15(13)22(4)5/h6-12H,1-5H3,(H,20,21). The van der Waals surface area contributed by atoms with Crippen LogP contribution in [0.25, 0.3) is 10.8 Å². The number of hydrogen-bond donors (Lipinski definition) is 1. The van der Waals surface area contributed by atoms with Gasteiger partial charge in [-0.1, -0.05) is 50.2 Å². The van der Waals surface area contributed by atoms with E-state index in [9.17, 15) is 8.42 Å². The van der Waals surface area contributed by atoms with E-state index in [1.54, 1.807) is 24.3 Å². The van der Waals surface area contributed by atoms with Crippen LogP contribution in [0.2, 0.25) is 0 Å². The lowest BCUT2D eigenvalue weighted by Gasteiger charge is -2.17. The number of anilines is 2. The summed E-state index contributed by atoms with van der Waals surface area (Å²) in [6.07, 6.45) is 0. The van der Waals surface area contributed by atoms with E-state index in [2.05, 4.69) is 9.88 Å². The Morgan fingerprint density at radius 3 is 2.31 bits per heavy atom. The Morgan fingerprint density at radius 1 is 1.04 bits per heavy atom. The molecule has 7 heteroatoms. The summed E-state index contributed by atoms with van der Waals surface area (Å²) in [5, 5.41) is 5.37. The van der Waals surface area contributed by atoms with Crippen molar-refractivity contribution in [1.82, 2.24) is 5.16 Å². The number of sulfonamides is 1. The van der Waals surface area contributed by atoms with Gasteiger partial charge in [0.05, 0.1) is 4.90 Å². The zero-order valence-corrected chi connectivity index (χ0v) is 16.4. The van der Waals surface area contributed by atoms with Crippen LogP contribution in [0.3, 0.4) is 0 Å². The van der Waals surface area contributed by atoms with E-state index in [4.69, 9.17) is 4.52 Å². The molecule has 6 nitrogen and oxygen atoms in total. The number of benzene rings is 2. The van der Waals surface area contributed by atoms with Crippen molar-refractivity contribution >= 4 is 32.3 Å². The smallest absolute Gasteiger partial charge is 0.263 e. The van der Waals surface area contributed by atoms with Crippen LogP contribution in [0.5, 0.6) is 0 Å². The van der Waals surface area contributed by atoms with Crippen molar-refractivity contribution in [1.29, 1.82) is 0 Å². The molecule has 0 aliphatic heterocycles. The fourth-order valence-electron chi connectivity index (χ4n) is 2.76. The molecule has 0 aliphatic carbocycles. The van der Waals surface area contributed by atoms with Gasteiger partial charge >= 0.3 is 0 Å². The molecule has 3 aromatic rings. The Hall–Kier alpha value is -2.54. The number of rotatable bonds is 4. The Balaban J connectivity index is 2.05. The SMILES string of the molecule is CN(C)c1cccc2c(S(=O)(=O)Nc3cc(C(C)(C)C)on3)cccc12. The van der Waals surface area contributed by atoms with E-state index in [0.717, 1.165) is 11.1 Å². The third-order valence-corrected chi connectivity index (χ3v) is 5.53. The van der Waals surface area contributed by atoms with Crippen molar-refractivity contribution in [2.24, 2.45) is 0 Å². The van der Waals surface area contributed by atoms with Crippen LogP contribution >= 0.6 is 0 Å². The molecule has 0 spiro atoms. The maximum absolute atomic E-state index is 12.9. The molecule has 0 radical (unpaired) electrons. The molecule has 3 rings (SSSR count). The molecule has 0 bridgehead atoms. The molecule has 2 aromatic carbocycles. The maximum Gasteiger partial charge on any atom is 0.263 e. The quantitative estimate of drug-likeness (QED) is 0.748. The Bertz CT molecular complexity index is 1050. The molecule has 0 saturated heterocycles. The van der Waals surface area contributed by atoms with Gasteiger partial charge in [0.25, 0.3) is 10.0 Å². The molecule has 1 N–H and O–H groups in total. The van der Waals surface area contributed by atoms with Crippen LogP contribution in [0.1, 0.15) is 26.5 Å². The highest BCUT2D eigenvalue weighted by Crippen LogP contribution is 2.31. The molecule has 0 aliphatic rings. The average molecular weight is 373 g/mol. The maximum atomic E-state index is 12.9. The minimum absolute atomic E-state index is 0.177. The molecular formula is C19H23N3O3S. The minimum Gasteiger partial charge on any atom is -0.377 e. The fraction of sp³-hybridized carbons (Fsp3) is 0.316. The highest BCUT2D eigenvalue weighted by Gasteiger charge is 2.23. The van der Waals surface area contributed by atoms with Gasteiger partial charge in [-0.2, -0.15) is 0 Å². The summed E-state index contributed by atoms with van der Waals surface area (Å²) in [6.45, 7) is 5.91. The van der Waals surface area contributed by atoms with Gasteiger partial charge in [0.2, 0.25) is 0 Å². The lowest BCUT2D eigenvalue weighted by molar-refractivity contribution is 0.331. The van der Waals surface area contributed by atoms with Gasteiger partial charge in [0.15, 0.2) is 5.82 Å². The Kier molecular flexibility index (Phi) is 4.44. The summed E-state index contributed by atoms with van der Waals surface area (Å²) in [6, 6.07) is 12.5. The van der Waals surface area contributed by atoms with Crippen LogP contribution in [0.4, 0.5) is 11.5 Å². The lowest BCUT2D eigenvalue weighted by atomic mass is 9.93. The highest BCUT2D eigenvalue weighted by atomic mass is 32.2. The summed E-state index contributed by atoms with van der Waals surface area (Å²) in [4.78, 5) is 2.17. The minimum atomic E-state index is -3.81. The van der Waals surface area contributed by atoms with Crippen LogP contribution in [0.15, 0.2) is 51.9 Å². The van der Waals surface area contributed by atoms with Crippen LogP contribution in [-0.2, 0) is 15.4 Å².